The quantitative estimate of drug-likeness (QED) is 0.419. The Balaban J connectivity index is 3.58. The number of alkyl halides is 3. The van der Waals surface area contributed by atoms with Gasteiger partial charge in [-0.3, -0.25) is 0 Å². The molecule has 0 radical (unpaired) electrons. The Morgan fingerprint density at radius 2 is 1.70 bits per heavy atom. The molecule has 0 aliphatic rings. The van der Waals surface area contributed by atoms with Crippen molar-refractivity contribution in [2.24, 2.45) is 0 Å². The van der Waals surface area contributed by atoms with E-state index in [2.05, 4.69) is 9.17 Å². The van der Waals surface area contributed by atoms with Crippen molar-refractivity contribution in [2.45, 2.75) is 44.4 Å². The highest BCUT2D eigenvalue weighted by atomic mass is 32.2. The Morgan fingerprint density at radius 1 is 1.17 bits per heavy atom. The summed E-state index contributed by atoms with van der Waals surface area (Å²) in [7, 11) is -6.81. The molecule has 0 amide bonds. The van der Waals surface area contributed by atoms with Crippen LogP contribution in [0.15, 0.2) is 12.3 Å². The van der Waals surface area contributed by atoms with Gasteiger partial charge in [0.2, 0.25) is 5.75 Å². The molecule has 1 heterocycles. The number of rotatable bonds is 7. The summed E-state index contributed by atoms with van der Waals surface area (Å²) in [5, 5.41) is 0.477. The SMILES string of the molecule is CC[Si](CC)(CC)c1ccnc(OC)c1OS(=O)(=O)C(F)(F)F. The largest absolute Gasteiger partial charge is 0.534 e. The van der Waals surface area contributed by atoms with E-state index in [9.17, 15) is 21.6 Å². The molecule has 0 spiro atoms. The monoisotopic (exact) mass is 371 g/mol. The van der Waals surface area contributed by atoms with Crippen molar-refractivity contribution in [3.63, 3.8) is 0 Å². The van der Waals surface area contributed by atoms with E-state index in [1.54, 1.807) is 0 Å². The van der Waals surface area contributed by atoms with Crippen molar-refractivity contribution in [1.82, 2.24) is 4.98 Å². The molecule has 0 N–H and O–H groups in total. The van der Waals surface area contributed by atoms with Crippen LogP contribution < -0.4 is 14.1 Å². The molecule has 0 fully saturated rings. The second-order valence-electron chi connectivity index (χ2n) is 5.02. The van der Waals surface area contributed by atoms with E-state index in [-0.39, 0.29) is 5.88 Å². The predicted octanol–water partition coefficient (Wildman–Crippen LogP) is 3.03. The molecule has 1 aromatic heterocycles. The van der Waals surface area contributed by atoms with Gasteiger partial charge in [-0.05, 0) is 11.3 Å². The van der Waals surface area contributed by atoms with Crippen LogP contribution >= 0.6 is 0 Å². The molecule has 10 heteroatoms. The molecule has 23 heavy (non-hydrogen) atoms. The number of ether oxygens (including phenoxy) is 1. The standard InChI is InChI=1S/C13H20F3NO4SSi/c1-5-23(6-2,7-3)10-8-9-17-12(20-4)11(10)21-22(18,19)13(14,15)16/h8-9H,5-7H2,1-4H3. The first-order valence-corrected chi connectivity index (χ1v) is 11.2. The lowest BCUT2D eigenvalue weighted by Gasteiger charge is -2.30. The second kappa shape index (κ2) is 7.08. The number of hydrogen-bond acceptors (Lipinski definition) is 5. The molecular weight excluding hydrogens is 351 g/mol. The number of halogens is 3. The van der Waals surface area contributed by atoms with Gasteiger partial charge < -0.3 is 8.92 Å². The van der Waals surface area contributed by atoms with Gasteiger partial charge in [-0.15, -0.1) is 0 Å². The van der Waals surface area contributed by atoms with Gasteiger partial charge in [0, 0.05) is 6.20 Å². The maximum Gasteiger partial charge on any atom is 0.534 e. The predicted molar refractivity (Wildman–Crippen MR) is 83.2 cm³/mol. The molecule has 132 valence electrons. The van der Waals surface area contributed by atoms with Crippen molar-refractivity contribution in [3.05, 3.63) is 12.3 Å². The maximum absolute atomic E-state index is 12.7. The summed E-state index contributed by atoms with van der Waals surface area (Å²) in [6.07, 6.45) is 1.39. The number of pyridine rings is 1. The van der Waals surface area contributed by atoms with Crippen molar-refractivity contribution in [3.8, 4) is 11.6 Å². The van der Waals surface area contributed by atoms with Crippen LogP contribution in [0.25, 0.3) is 0 Å². The molecule has 0 saturated heterocycles. The van der Waals surface area contributed by atoms with Crippen LogP contribution in [0.3, 0.4) is 0 Å². The summed E-state index contributed by atoms with van der Waals surface area (Å²) in [6, 6.07) is 3.73. The highest BCUT2D eigenvalue weighted by molar-refractivity contribution is 7.88. The molecule has 0 atom stereocenters. The van der Waals surface area contributed by atoms with E-state index < -0.39 is 29.4 Å². The molecule has 0 aliphatic heterocycles. The van der Waals surface area contributed by atoms with Crippen LogP contribution in [-0.4, -0.2) is 34.1 Å². The van der Waals surface area contributed by atoms with Crippen LogP contribution in [0.2, 0.25) is 18.1 Å². The fourth-order valence-corrected chi connectivity index (χ4v) is 6.81. The molecule has 1 rings (SSSR count). The molecule has 0 aliphatic carbocycles. The number of aromatic nitrogens is 1. The Hall–Kier alpha value is -1.29. The van der Waals surface area contributed by atoms with E-state index in [0.717, 1.165) is 18.1 Å². The van der Waals surface area contributed by atoms with Gasteiger partial charge >= 0.3 is 15.6 Å². The summed E-state index contributed by atoms with van der Waals surface area (Å²) in [5.41, 5.74) is -5.51. The van der Waals surface area contributed by atoms with Crippen molar-refractivity contribution in [1.29, 1.82) is 0 Å². The Labute approximate surface area is 135 Å². The highest BCUT2D eigenvalue weighted by Gasteiger charge is 2.50. The lowest BCUT2D eigenvalue weighted by atomic mass is 10.4. The Morgan fingerprint density at radius 3 is 2.09 bits per heavy atom. The number of nitrogens with zero attached hydrogens (tertiary/aromatic N) is 1. The van der Waals surface area contributed by atoms with Crippen LogP contribution in [0.4, 0.5) is 13.2 Å². The smallest absolute Gasteiger partial charge is 0.478 e. The van der Waals surface area contributed by atoms with E-state index in [1.165, 1.54) is 19.4 Å². The normalized spacial score (nSPS) is 13.0. The molecule has 0 unspecified atom stereocenters. The van der Waals surface area contributed by atoms with Crippen molar-refractivity contribution >= 4 is 23.4 Å². The van der Waals surface area contributed by atoms with Crippen molar-refractivity contribution in [2.75, 3.05) is 7.11 Å². The van der Waals surface area contributed by atoms with E-state index >= 15 is 0 Å². The third-order valence-corrected chi connectivity index (χ3v) is 10.7. The van der Waals surface area contributed by atoms with Gasteiger partial charge in [-0.1, -0.05) is 38.9 Å². The zero-order valence-corrected chi connectivity index (χ0v) is 15.2. The first-order chi connectivity index (χ1) is 10.6. The third-order valence-electron chi connectivity index (χ3n) is 4.14. The minimum Gasteiger partial charge on any atom is -0.478 e. The Bertz CT molecular complexity index is 637. The maximum atomic E-state index is 12.7. The fraction of sp³-hybridized carbons (Fsp3) is 0.615. The average Bonchev–Trinajstić information content (AvgIpc) is 2.49. The zero-order valence-electron chi connectivity index (χ0n) is 13.4. The molecule has 5 nitrogen and oxygen atoms in total. The van der Waals surface area contributed by atoms with E-state index in [4.69, 9.17) is 4.74 Å². The summed E-state index contributed by atoms with van der Waals surface area (Å²) >= 11 is 0. The third kappa shape index (κ3) is 3.79. The van der Waals surface area contributed by atoms with Crippen LogP contribution in [0.5, 0.6) is 11.6 Å². The van der Waals surface area contributed by atoms with Gasteiger partial charge in [-0.25, -0.2) is 4.98 Å². The minimum absolute atomic E-state index is 0.262. The van der Waals surface area contributed by atoms with Crippen LogP contribution in [0.1, 0.15) is 20.8 Å². The zero-order chi connectivity index (χ0) is 17.9. The van der Waals surface area contributed by atoms with Crippen molar-refractivity contribution < 1.29 is 30.5 Å². The summed E-state index contributed by atoms with van der Waals surface area (Å²) in [6.45, 7) is 5.82. The molecule has 0 saturated carbocycles. The number of methoxy groups -OCH3 is 1. The van der Waals surface area contributed by atoms with Crippen LogP contribution in [0, 0.1) is 0 Å². The topological polar surface area (TPSA) is 65.5 Å². The number of hydrogen-bond donors (Lipinski definition) is 0. The van der Waals surface area contributed by atoms with E-state index in [1.807, 2.05) is 20.8 Å². The van der Waals surface area contributed by atoms with Gasteiger partial charge in [0.15, 0.2) is 0 Å². The average molecular weight is 371 g/mol. The van der Waals surface area contributed by atoms with Gasteiger partial charge in [-0.2, -0.15) is 21.6 Å². The van der Waals surface area contributed by atoms with Gasteiger partial charge in [0.25, 0.3) is 5.88 Å². The molecule has 1 aromatic rings. The first-order valence-electron chi connectivity index (χ1n) is 7.12. The first kappa shape index (κ1) is 19.8. The summed E-state index contributed by atoms with van der Waals surface area (Å²) < 4.78 is 70.2. The molecule has 0 bridgehead atoms. The lowest BCUT2D eigenvalue weighted by molar-refractivity contribution is -0.0500. The fourth-order valence-electron chi connectivity index (χ4n) is 2.55. The molecule has 0 aromatic carbocycles. The summed E-state index contributed by atoms with van der Waals surface area (Å²) in [5.74, 6) is -0.702. The lowest BCUT2D eigenvalue weighted by Crippen LogP contribution is -2.47. The molecular formula is C13H20F3NO4SSi. The van der Waals surface area contributed by atoms with E-state index in [0.29, 0.717) is 5.19 Å². The highest BCUT2D eigenvalue weighted by Crippen LogP contribution is 2.34. The summed E-state index contributed by atoms with van der Waals surface area (Å²) in [4.78, 5) is 3.78. The Kier molecular flexibility index (Phi) is 6.08. The van der Waals surface area contributed by atoms with Gasteiger partial charge in [0.1, 0.15) is 0 Å². The second-order valence-corrected chi connectivity index (χ2v) is 11.8. The van der Waals surface area contributed by atoms with Gasteiger partial charge in [0.05, 0.1) is 15.2 Å². The van der Waals surface area contributed by atoms with Crippen LogP contribution in [-0.2, 0) is 10.1 Å². The minimum atomic E-state index is -5.79.